The maximum Gasteiger partial charge on any atom is 0.326 e. The van der Waals surface area contributed by atoms with E-state index >= 15 is 0 Å². The average Bonchev–Trinajstić information content (AvgIpc) is 2.65. The summed E-state index contributed by atoms with van der Waals surface area (Å²) in [6, 6.07) is 1.40. The molecule has 0 fully saturated rings. The second-order valence-corrected chi connectivity index (χ2v) is 6.54. The van der Waals surface area contributed by atoms with E-state index in [0.717, 1.165) is 0 Å². The lowest BCUT2D eigenvalue weighted by molar-refractivity contribution is -0.143. The number of aliphatic carboxylic acids is 2. The number of amides is 3. The van der Waals surface area contributed by atoms with E-state index < -0.39 is 54.2 Å². The lowest BCUT2D eigenvalue weighted by Crippen LogP contribution is -2.55. The number of rotatable bonds is 12. The van der Waals surface area contributed by atoms with E-state index in [1.165, 1.54) is 24.3 Å². The van der Waals surface area contributed by atoms with Gasteiger partial charge in [0.05, 0.1) is 12.5 Å². The van der Waals surface area contributed by atoms with Crippen LogP contribution in [0.4, 0.5) is 0 Å². The Morgan fingerprint density at radius 3 is 2.00 bits per heavy atom. The number of benzene rings is 1. The van der Waals surface area contributed by atoms with Crippen LogP contribution in [0.15, 0.2) is 24.3 Å². The van der Waals surface area contributed by atoms with Crippen molar-refractivity contribution in [2.24, 2.45) is 11.5 Å². The van der Waals surface area contributed by atoms with Gasteiger partial charge in [-0.05, 0) is 24.1 Å². The van der Waals surface area contributed by atoms with E-state index in [2.05, 4.69) is 10.6 Å². The molecule has 3 atom stereocenters. The van der Waals surface area contributed by atoms with Crippen molar-refractivity contribution in [3.63, 3.8) is 0 Å². The van der Waals surface area contributed by atoms with Crippen LogP contribution < -0.4 is 22.1 Å². The molecule has 0 aliphatic heterocycles. The Kier molecular flexibility index (Phi) is 9.23. The monoisotopic (exact) mass is 424 g/mol. The first-order valence-corrected chi connectivity index (χ1v) is 8.86. The summed E-state index contributed by atoms with van der Waals surface area (Å²) in [6.45, 7) is 0. The summed E-state index contributed by atoms with van der Waals surface area (Å²) in [4.78, 5) is 57.9. The van der Waals surface area contributed by atoms with Gasteiger partial charge in [0.15, 0.2) is 0 Å². The topological polar surface area (TPSA) is 222 Å². The number of carboxylic acids is 2. The van der Waals surface area contributed by atoms with Gasteiger partial charge >= 0.3 is 11.9 Å². The molecule has 0 spiro atoms. The van der Waals surface area contributed by atoms with E-state index in [9.17, 15) is 34.2 Å². The fourth-order valence-corrected chi connectivity index (χ4v) is 2.43. The molecule has 0 heterocycles. The molecule has 12 nitrogen and oxygen atoms in total. The third kappa shape index (κ3) is 8.56. The predicted octanol–water partition coefficient (Wildman–Crippen LogP) is -1.94. The largest absolute Gasteiger partial charge is 0.508 e. The Morgan fingerprint density at radius 1 is 0.933 bits per heavy atom. The highest BCUT2D eigenvalue weighted by Gasteiger charge is 2.29. The molecule has 1 aromatic carbocycles. The van der Waals surface area contributed by atoms with E-state index in [0.29, 0.717) is 5.56 Å². The van der Waals surface area contributed by atoms with Crippen molar-refractivity contribution in [3.05, 3.63) is 29.8 Å². The van der Waals surface area contributed by atoms with Crippen LogP contribution >= 0.6 is 0 Å². The Bertz CT molecular complexity index is 796. The number of hydrogen-bond donors (Lipinski definition) is 7. The van der Waals surface area contributed by atoms with Crippen LogP contribution in [0.5, 0.6) is 5.75 Å². The van der Waals surface area contributed by atoms with Crippen LogP contribution in [-0.4, -0.2) is 63.1 Å². The van der Waals surface area contributed by atoms with Gasteiger partial charge in [0, 0.05) is 12.8 Å². The molecule has 0 unspecified atom stereocenters. The number of nitrogens with two attached hydrogens (primary N) is 2. The molecule has 1 aromatic rings. The van der Waals surface area contributed by atoms with Gasteiger partial charge in [0.25, 0.3) is 0 Å². The molecule has 30 heavy (non-hydrogen) atoms. The Balaban J connectivity index is 2.85. The number of primary amides is 1. The Morgan fingerprint density at radius 2 is 1.50 bits per heavy atom. The van der Waals surface area contributed by atoms with E-state index in [1.54, 1.807) is 0 Å². The number of carboxylic acid groups (broad SMARTS) is 2. The number of nitrogens with one attached hydrogen (secondary N) is 2. The van der Waals surface area contributed by atoms with Gasteiger partial charge in [-0.2, -0.15) is 0 Å². The van der Waals surface area contributed by atoms with Gasteiger partial charge in [0.2, 0.25) is 17.7 Å². The molecular formula is C18H24N4O8. The van der Waals surface area contributed by atoms with Gasteiger partial charge in [0.1, 0.15) is 17.8 Å². The minimum atomic E-state index is -1.59. The minimum absolute atomic E-state index is 0.0217. The highest BCUT2D eigenvalue weighted by atomic mass is 16.4. The first-order chi connectivity index (χ1) is 14.0. The third-order valence-electron chi connectivity index (χ3n) is 4.04. The zero-order valence-corrected chi connectivity index (χ0v) is 15.9. The van der Waals surface area contributed by atoms with E-state index in [1.807, 2.05) is 0 Å². The van der Waals surface area contributed by atoms with Gasteiger partial charge in [-0.3, -0.25) is 19.2 Å². The molecule has 0 aromatic heterocycles. The van der Waals surface area contributed by atoms with Crippen molar-refractivity contribution >= 4 is 29.7 Å². The van der Waals surface area contributed by atoms with Gasteiger partial charge in [-0.25, -0.2) is 4.79 Å². The lowest BCUT2D eigenvalue weighted by Gasteiger charge is -2.22. The maximum absolute atomic E-state index is 12.5. The molecule has 0 aliphatic rings. The van der Waals surface area contributed by atoms with Crippen LogP contribution in [0.1, 0.15) is 24.8 Å². The van der Waals surface area contributed by atoms with E-state index in [-0.39, 0.29) is 25.0 Å². The summed E-state index contributed by atoms with van der Waals surface area (Å²) in [6.07, 6.45) is -1.25. The number of carbonyl (C=O) groups is 5. The van der Waals surface area contributed by atoms with E-state index in [4.69, 9.17) is 16.6 Å². The SMILES string of the molecule is NC(=O)CC[C@H](N)C(=O)N[C@@H](CC(=O)O)C(=O)N[C@@H](Cc1ccc(O)cc1)C(=O)O. The quantitative estimate of drug-likeness (QED) is 0.198. The number of carbonyl (C=O) groups excluding carboxylic acids is 3. The Hall–Kier alpha value is -3.67. The summed E-state index contributed by atoms with van der Waals surface area (Å²) in [7, 11) is 0. The first kappa shape index (κ1) is 24.4. The molecular weight excluding hydrogens is 400 g/mol. The number of phenolic OH excluding ortho intramolecular Hbond substituents is 1. The molecule has 0 saturated carbocycles. The molecule has 9 N–H and O–H groups in total. The highest BCUT2D eigenvalue weighted by molar-refractivity contribution is 5.94. The normalized spacial score (nSPS) is 13.5. The fourth-order valence-electron chi connectivity index (χ4n) is 2.43. The second kappa shape index (κ2) is 11.4. The third-order valence-corrected chi connectivity index (χ3v) is 4.04. The molecule has 0 saturated heterocycles. The summed E-state index contributed by atoms with van der Waals surface area (Å²) in [5, 5.41) is 32.0. The molecule has 0 aliphatic carbocycles. The minimum Gasteiger partial charge on any atom is -0.508 e. The molecule has 0 radical (unpaired) electrons. The maximum atomic E-state index is 12.5. The molecule has 12 heteroatoms. The standard InChI is InChI=1S/C18H24N4O8/c19-11(5-6-14(20)24)16(27)21-12(8-15(25)26)17(28)22-13(18(29)30)7-9-1-3-10(23)4-2-9/h1-4,11-13,23H,5-8,19H2,(H2,20,24)(H,21,27)(H,22,28)(H,25,26)(H,29,30)/t11-,12-,13-/m0/s1. The molecule has 1 rings (SSSR count). The summed E-state index contributed by atoms with van der Waals surface area (Å²) < 4.78 is 0. The summed E-state index contributed by atoms with van der Waals surface area (Å²) >= 11 is 0. The molecule has 0 bridgehead atoms. The fraction of sp³-hybridized carbons (Fsp3) is 0.389. The van der Waals surface area contributed by atoms with Crippen LogP contribution in [0.25, 0.3) is 0 Å². The van der Waals surface area contributed by atoms with Crippen molar-refractivity contribution in [3.8, 4) is 5.75 Å². The summed E-state index contributed by atoms with van der Waals surface area (Å²) in [5.74, 6) is -5.41. The summed E-state index contributed by atoms with van der Waals surface area (Å²) in [5.41, 5.74) is 11.1. The van der Waals surface area contributed by atoms with Crippen LogP contribution in [0, 0.1) is 0 Å². The van der Waals surface area contributed by atoms with Crippen molar-refractivity contribution in [2.45, 2.75) is 43.8 Å². The average molecular weight is 424 g/mol. The number of aromatic hydroxyl groups is 1. The van der Waals surface area contributed by atoms with Crippen LogP contribution in [0.3, 0.4) is 0 Å². The first-order valence-electron chi connectivity index (χ1n) is 8.86. The Labute approximate surface area is 171 Å². The zero-order chi connectivity index (χ0) is 22.8. The molecule has 164 valence electrons. The van der Waals surface area contributed by atoms with Crippen molar-refractivity contribution < 1.29 is 39.3 Å². The highest BCUT2D eigenvalue weighted by Crippen LogP contribution is 2.11. The smallest absolute Gasteiger partial charge is 0.326 e. The van der Waals surface area contributed by atoms with Gasteiger partial charge in [-0.1, -0.05) is 12.1 Å². The van der Waals surface area contributed by atoms with Gasteiger partial charge < -0.3 is 37.4 Å². The zero-order valence-electron chi connectivity index (χ0n) is 15.9. The van der Waals surface area contributed by atoms with Crippen molar-refractivity contribution in [1.82, 2.24) is 10.6 Å². The number of hydrogen-bond acceptors (Lipinski definition) is 7. The molecule has 3 amide bonds. The van der Waals surface area contributed by atoms with Crippen molar-refractivity contribution in [1.29, 1.82) is 0 Å². The number of phenols is 1. The van der Waals surface area contributed by atoms with Crippen molar-refractivity contribution in [2.75, 3.05) is 0 Å². The van der Waals surface area contributed by atoms with Crippen LogP contribution in [0.2, 0.25) is 0 Å². The van der Waals surface area contributed by atoms with Crippen LogP contribution in [-0.2, 0) is 30.4 Å². The lowest BCUT2D eigenvalue weighted by atomic mass is 10.0. The predicted molar refractivity (Wildman–Crippen MR) is 102 cm³/mol. The van der Waals surface area contributed by atoms with Gasteiger partial charge in [-0.15, -0.1) is 0 Å². The second-order valence-electron chi connectivity index (χ2n) is 6.54.